The van der Waals surface area contributed by atoms with E-state index >= 15 is 0 Å². The quantitative estimate of drug-likeness (QED) is 0.772. The van der Waals surface area contributed by atoms with Gasteiger partial charge in [-0.1, -0.05) is 50.6 Å². The maximum absolute atomic E-state index is 3.81. The van der Waals surface area contributed by atoms with Crippen LogP contribution < -0.4 is 5.32 Å². The summed E-state index contributed by atoms with van der Waals surface area (Å²) in [6.07, 6.45) is 6.67. The summed E-state index contributed by atoms with van der Waals surface area (Å²) in [5.74, 6) is 0.802. The van der Waals surface area contributed by atoms with Crippen molar-refractivity contribution in [2.24, 2.45) is 11.3 Å². The Kier molecular flexibility index (Phi) is 5.26. The Morgan fingerprint density at radius 2 is 1.95 bits per heavy atom. The molecule has 1 atom stereocenters. The zero-order valence-corrected chi connectivity index (χ0v) is 13.7. The van der Waals surface area contributed by atoms with E-state index in [0.29, 0.717) is 11.5 Å². The second kappa shape index (κ2) is 6.76. The van der Waals surface area contributed by atoms with Crippen molar-refractivity contribution in [2.45, 2.75) is 65.8 Å². The van der Waals surface area contributed by atoms with Crippen molar-refractivity contribution in [3.05, 3.63) is 35.4 Å². The molecule has 0 bridgehead atoms. The number of aryl methyl sites for hydroxylation is 1. The SMILES string of the molecule is CCCNC(c1cccc(C)c1)C1CCC(C)(C)CC1. The van der Waals surface area contributed by atoms with E-state index in [9.17, 15) is 0 Å². The minimum atomic E-state index is 0.547. The van der Waals surface area contributed by atoms with Gasteiger partial charge in [-0.25, -0.2) is 0 Å². The standard InChI is InChI=1S/C19H31N/c1-5-13-20-18(17-8-6-7-15(2)14-17)16-9-11-19(3,4)12-10-16/h6-8,14,16,18,20H,5,9-13H2,1-4H3. The molecule has 1 aromatic carbocycles. The maximum Gasteiger partial charge on any atom is 0.0348 e. The molecule has 0 amide bonds. The van der Waals surface area contributed by atoms with Gasteiger partial charge in [-0.15, -0.1) is 0 Å². The van der Waals surface area contributed by atoms with Crippen molar-refractivity contribution in [3.8, 4) is 0 Å². The molecular weight excluding hydrogens is 242 g/mol. The van der Waals surface area contributed by atoms with Crippen LogP contribution >= 0.6 is 0 Å². The number of hydrogen-bond acceptors (Lipinski definition) is 1. The molecule has 1 unspecified atom stereocenters. The van der Waals surface area contributed by atoms with E-state index < -0.39 is 0 Å². The van der Waals surface area contributed by atoms with Gasteiger partial charge in [0.2, 0.25) is 0 Å². The Labute approximate surface area is 125 Å². The molecule has 0 spiro atoms. The van der Waals surface area contributed by atoms with Gasteiger partial charge in [-0.2, -0.15) is 0 Å². The van der Waals surface area contributed by atoms with E-state index in [1.165, 1.54) is 43.2 Å². The molecule has 1 aliphatic carbocycles. The summed E-state index contributed by atoms with van der Waals surface area (Å²) in [4.78, 5) is 0. The zero-order valence-electron chi connectivity index (χ0n) is 13.7. The average molecular weight is 273 g/mol. The van der Waals surface area contributed by atoms with E-state index in [0.717, 1.165) is 12.5 Å². The van der Waals surface area contributed by atoms with Gasteiger partial charge in [-0.05, 0) is 62.5 Å². The minimum absolute atomic E-state index is 0.547. The summed E-state index contributed by atoms with van der Waals surface area (Å²) in [6.45, 7) is 10.4. The van der Waals surface area contributed by atoms with Gasteiger partial charge in [0, 0.05) is 6.04 Å². The molecule has 1 aliphatic rings. The van der Waals surface area contributed by atoms with Crippen LogP contribution in [0.15, 0.2) is 24.3 Å². The Morgan fingerprint density at radius 3 is 2.55 bits per heavy atom. The van der Waals surface area contributed by atoms with Crippen LogP contribution in [0.1, 0.15) is 70.0 Å². The molecule has 1 fully saturated rings. The number of benzene rings is 1. The summed E-state index contributed by atoms with van der Waals surface area (Å²) >= 11 is 0. The first-order valence-electron chi connectivity index (χ1n) is 8.32. The Bertz CT molecular complexity index is 412. The molecule has 112 valence electrons. The fourth-order valence-corrected chi connectivity index (χ4v) is 3.48. The lowest BCUT2D eigenvalue weighted by Crippen LogP contribution is -2.33. The monoisotopic (exact) mass is 273 g/mol. The summed E-state index contributed by atoms with van der Waals surface area (Å²) in [7, 11) is 0. The van der Waals surface area contributed by atoms with Crippen LogP contribution in [0.5, 0.6) is 0 Å². The lowest BCUT2D eigenvalue weighted by Gasteiger charge is -2.38. The first kappa shape index (κ1) is 15.6. The van der Waals surface area contributed by atoms with E-state index in [1.54, 1.807) is 0 Å². The maximum atomic E-state index is 3.81. The molecule has 0 saturated heterocycles. The predicted molar refractivity (Wildman–Crippen MR) is 88.0 cm³/mol. The lowest BCUT2D eigenvalue weighted by molar-refractivity contribution is 0.161. The second-order valence-electron chi connectivity index (χ2n) is 7.35. The van der Waals surface area contributed by atoms with Gasteiger partial charge >= 0.3 is 0 Å². The molecule has 1 N–H and O–H groups in total. The van der Waals surface area contributed by atoms with E-state index in [4.69, 9.17) is 0 Å². The topological polar surface area (TPSA) is 12.0 Å². The van der Waals surface area contributed by atoms with Crippen molar-refractivity contribution >= 4 is 0 Å². The highest BCUT2D eigenvalue weighted by Crippen LogP contribution is 2.42. The fraction of sp³-hybridized carbons (Fsp3) is 0.684. The van der Waals surface area contributed by atoms with Crippen molar-refractivity contribution in [3.63, 3.8) is 0 Å². The fourth-order valence-electron chi connectivity index (χ4n) is 3.48. The van der Waals surface area contributed by atoms with Crippen LogP contribution in [0.3, 0.4) is 0 Å². The molecule has 1 saturated carbocycles. The van der Waals surface area contributed by atoms with Gasteiger partial charge in [0.1, 0.15) is 0 Å². The van der Waals surface area contributed by atoms with E-state index in [2.05, 4.69) is 57.3 Å². The molecule has 2 rings (SSSR count). The van der Waals surface area contributed by atoms with Crippen LogP contribution in [0.4, 0.5) is 0 Å². The molecule has 1 heteroatoms. The Balaban J connectivity index is 2.11. The molecule has 0 radical (unpaired) electrons. The van der Waals surface area contributed by atoms with Crippen LogP contribution in [-0.2, 0) is 0 Å². The highest BCUT2D eigenvalue weighted by atomic mass is 14.9. The molecule has 20 heavy (non-hydrogen) atoms. The number of hydrogen-bond donors (Lipinski definition) is 1. The van der Waals surface area contributed by atoms with Gasteiger partial charge in [0.15, 0.2) is 0 Å². The Morgan fingerprint density at radius 1 is 1.25 bits per heavy atom. The molecular formula is C19H31N. The summed E-state index contributed by atoms with van der Waals surface area (Å²) in [6, 6.07) is 9.63. The normalized spacial score (nSPS) is 20.8. The van der Waals surface area contributed by atoms with Crippen molar-refractivity contribution in [2.75, 3.05) is 6.54 Å². The lowest BCUT2D eigenvalue weighted by atomic mass is 9.70. The molecule has 0 aromatic heterocycles. The van der Waals surface area contributed by atoms with E-state index in [-0.39, 0.29) is 0 Å². The minimum Gasteiger partial charge on any atom is -0.310 e. The van der Waals surface area contributed by atoms with Crippen molar-refractivity contribution < 1.29 is 0 Å². The first-order valence-corrected chi connectivity index (χ1v) is 8.32. The second-order valence-corrected chi connectivity index (χ2v) is 7.35. The largest absolute Gasteiger partial charge is 0.310 e. The van der Waals surface area contributed by atoms with E-state index in [1.807, 2.05) is 0 Å². The Hall–Kier alpha value is -0.820. The molecule has 1 nitrogen and oxygen atoms in total. The van der Waals surface area contributed by atoms with Gasteiger partial charge < -0.3 is 5.32 Å². The van der Waals surface area contributed by atoms with Gasteiger partial charge in [0.25, 0.3) is 0 Å². The van der Waals surface area contributed by atoms with Crippen LogP contribution in [-0.4, -0.2) is 6.54 Å². The first-order chi connectivity index (χ1) is 9.52. The third-order valence-corrected chi connectivity index (χ3v) is 4.87. The number of nitrogens with one attached hydrogen (secondary N) is 1. The van der Waals surface area contributed by atoms with Gasteiger partial charge in [0.05, 0.1) is 0 Å². The highest BCUT2D eigenvalue weighted by molar-refractivity contribution is 5.25. The van der Waals surface area contributed by atoms with Crippen molar-refractivity contribution in [1.29, 1.82) is 0 Å². The average Bonchev–Trinajstić information content (AvgIpc) is 2.41. The molecule has 0 aliphatic heterocycles. The summed E-state index contributed by atoms with van der Waals surface area (Å²) in [5.41, 5.74) is 3.42. The summed E-state index contributed by atoms with van der Waals surface area (Å²) in [5, 5.41) is 3.81. The molecule has 1 aromatic rings. The third-order valence-electron chi connectivity index (χ3n) is 4.87. The third kappa shape index (κ3) is 4.09. The zero-order chi connectivity index (χ0) is 14.6. The smallest absolute Gasteiger partial charge is 0.0348 e. The van der Waals surface area contributed by atoms with Crippen LogP contribution in [0.2, 0.25) is 0 Å². The highest BCUT2D eigenvalue weighted by Gasteiger charge is 2.31. The summed E-state index contributed by atoms with van der Waals surface area (Å²) < 4.78 is 0. The van der Waals surface area contributed by atoms with Crippen molar-refractivity contribution in [1.82, 2.24) is 5.32 Å². The molecule has 0 heterocycles. The van der Waals surface area contributed by atoms with Crippen LogP contribution in [0, 0.1) is 18.3 Å². The number of rotatable bonds is 5. The van der Waals surface area contributed by atoms with Gasteiger partial charge in [-0.3, -0.25) is 0 Å². The predicted octanol–water partition coefficient (Wildman–Crippen LogP) is 5.25. The van der Waals surface area contributed by atoms with Crippen LogP contribution in [0.25, 0.3) is 0 Å².